The number of nitrogens with zero attached hydrogens (tertiary/aromatic N) is 6. The lowest BCUT2D eigenvalue weighted by molar-refractivity contribution is -0.137. The lowest BCUT2D eigenvalue weighted by atomic mass is 9.94. The Morgan fingerprint density at radius 3 is 2.27 bits per heavy atom. The molecule has 2 aliphatic heterocycles. The Labute approximate surface area is 231 Å². The third-order valence-corrected chi connectivity index (χ3v) is 7.73. The van der Waals surface area contributed by atoms with Crippen LogP contribution < -0.4 is 9.62 Å². The molecule has 0 radical (unpaired) electrons. The van der Waals surface area contributed by atoms with Crippen molar-refractivity contribution in [1.82, 2.24) is 24.5 Å². The number of hydrogen-bond acceptors (Lipinski definition) is 7. The van der Waals surface area contributed by atoms with Gasteiger partial charge in [-0.05, 0) is 30.5 Å². The summed E-state index contributed by atoms with van der Waals surface area (Å²) in [5.41, 5.74) is 0.567. The van der Waals surface area contributed by atoms with Gasteiger partial charge in [0.05, 0.1) is 11.8 Å². The number of piperidine rings is 1. The van der Waals surface area contributed by atoms with Crippen molar-refractivity contribution < 1.29 is 31.2 Å². The average Bonchev–Trinajstić information content (AvgIpc) is 3.34. The summed E-state index contributed by atoms with van der Waals surface area (Å²) in [5, 5.41) is 3.98. The Balaban J connectivity index is 1.41. The normalized spacial score (nSPS) is 17.6. The highest BCUT2D eigenvalue weighted by Crippen LogP contribution is 2.35. The number of alkyl halides is 3. The van der Waals surface area contributed by atoms with Gasteiger partial charge >= 0.3 is 12.2 Å². The van der Waals surface area contributed by atoms with E-state index in [1.165, 1.54) is 24.4 Å². The molecule has 1 aromatic heterocycles. The van der Waals surface area contributed by atoms with Gasteiger partial charge in [0.2, 0.25) is 15.9 Å². The van der Waals surface area contributed by atoms with Crippen molar-refractivity contribution in [2.45, 2.75) is 25.6 Å². The maximum absolute atomic E-state index is 13.6. The first kappa shape index (κ1) is 29.6. The summed E-state index contributed by atoms with van der Waals surface area (Å²) in [5.74, 6) is -0.0621. The van der Waals surface area contributed by atoms with Gasteiger partial charge in [-0.3, -0.25) is 14.4 Å². The zero-order valence-corrected chi connectivity index (χ0v) is 23.5. The number of aromatic nitrogens is 2. The molecule has 0 aliphatic carbocycles. The van der Waals surface area contributed by atoms with E-state index in [9.17, 15) is 31.2 Å². The van der Waals surface area contributed by atoms with E-state index in [0.29, 0.717) is 64.3 Å². The minimum absolute atomic E-state index is 0.0364. The van der Waals surface area contributed by atoms with Gasteiger partial charge < -0.3 is 14.7 Å². The fourth-order valence-electron chi connectivity index (χ4n) is 5.06. The third kappa shape index (κ3) is 7.24. The number of benzene rings is 1. The summed E-state index contributed by atoms with van der Waals surface area (Å²) in [7, 11) is -0.117. The van der Waals surface area contributed by atoms with Gasteiger partial charge in [-0.25, -0.2) is 13.2 Å². The van der Waals surface area contributed by atoms with Gasteiger partial charge in [0, 0.05) is 83.8 Å². The SMILES string of the molecule is CN(C)C(=O)C1CCN(c2cc(C(F)(F)F)ccc2CN2CCN(C(=O)n3ccc(NS(C)(=O)=O)n3)CC2)CC1. The molecule has 2 amide bonds. The van der Waals surface area contributed by atoms with Crippen LogP contribution >= 0.6 is 0 Å². The number of rotatable bonds is 6. The zero-order chi connectivity index (χ0) is 29.2. The van der Waals surface area contributed by atoms with Crippen LogP contribution in [-0.4, -0.2) is 104 Å². The van der Waals surface area contributed by atoms with Crippen molar-refractivity contribution in [2.75, 3.05) is 69.2 Å². The topological polar surface area (TPSA) is 111 Å². The molecule has 0 unspecified atom stereocenters. The second-order valence-corrected chi connectivity index (χ2v) is 12.1. The number of hydrogen-bond donors (Lipinski definition) is 1. The van der Waals surface area contributed by atoms with Crippen molar-refractivity contribution in [1.29, 1.82) is 0 Å². The van der Waals surface area contributed by atoms with E-state index in [2.05, 4.69) is 14.7 Å². The molecule has 40 heavy (non-hydrogen) atoms. The lowest BCUT2D eigenvalue weighted by Gasteiger charge is -2.37. The maximum Gasteiger partial charge on any atom is 0.416 e. The van der Waals surface area contributed by atoms with Gasteiger partial charge in [0.1, 0.15) is 0 Å². The molecular formula is C25H34F3N7O4S. The van der Waals surface area contributed by atoms with E-state index in [1.807, 2.05) is 4.90 Å². The molecule has 1 N–H and O–H groups in total. The highest BCUT2D eigenvalue weighted by atomic mass is 32.2. The van der Waals surface area contributed by atoms with Crippen LogP contribution in [-0.2, 0) is 27.5 Å². The smallest absolute Gasteiger partial charge is 0.371 e. The van der Waals surface area contributed by atoms with Crippen molar-refractivity contribution in [3.8, 4) is 0 Å². The minimum Gasteiger partial charge on any atom is -0.371 e. The molecule has 3 heterocycles. The van der Waals surface area contributed by atoms with Crippen LogP contribution in [0.1, 0.15) is 24.0 Å². The number of carbonyl (C=O) groups excluding carboxylic acids is 2. The number of carbonyl (C=O) groups is 2. The molecule has 11 nitrogen and oxygen atoms in total. The van der Waals surface area contributed by atoms with Crippen LogP contribution in [0.25, 0.3) is 0 Å². The van der Waals surface area contributed by atoms with Crippen LogP contribution in [0.2, 0.25) is 0 Å². The van der Waals surface area contributed by atoms with Crippen LogP contribution in [0.15, 0.2) is 30.5 Å². The Bertz CT molecular complexity index is 1330. The van der Waals surface area contributed by atoms with E-state index in [4.69, 9.17) is 0 Å². The zero-order valence-electron chi connectivity index (χ0n) is 22.7. The molecule has 0 atom stereocenters. The largest absolute Gasteiger partial charge is 0.416 e. The molecule has 2 saturated heterocycles. The number of piperazine rings is 1. The summed E-state index contributed by atoms with van der Waals surface area (Å²) in [4.78, 5) is 32.4. The van der Waals surface area contributed by atoms with Gasteiger partial charge in [-0.2, -0.15) is 17.9 Å². The molecule has 0 spiro atoms. The van der Waals surface area contributed by atoms with E-state index >= 15 is 0 Å². The highest BCUT2D eigenvalue weighted by molar-refractivity contribution is 7.92. The second-order valence-electron chi connectivity index (χ2n) is 10.4. The Morgan fingerprint density at radius 2 is 1.70 bits per heavy atom. The van der Waals surface area contributed by atoms with E-state index < -0.39 is 27.8 Å². The Kier molecular flexibility index (Phi) is 8.63. The highest BCUT2D eigenvalue weighted by Gasteiger charge is 2.33. The summed E-state index contributed by atoms with van der Waals surface area (Å²) < 4.78 is 66.8. The summed E-state index contributed by atoms with van der Waals surface area (Å²) in [6.07, 6.45) is -0.957. The Morgan fingerprint density at radius 1 is 1.05 bits per heavy atom. The van der Waals surface area contributed by atoms with E-state index in [1.54, 1.807) is 23.9 Å². The quantitative estimate of drug-likeness (QED) is 0.554. The van der Waals surface area contributed by atoms with E-state index in [-0.39, 0.29) is 17.6 Å². The fraction of sp³-hybridized carbons (Fsp3) is 0.560. The van der Waals surface area contributed by atoms with Gasteiger partial charge in [-0.15, -0.1) is 5.10 Å². The van der Waals surface area contributed by atoms with E-state index in [0.717, 1.165) is 22.6 Å². The maximum atomic E-state index is 13.6. The molecule has 4 rings (SSSR count). The summed E-state index contributed by atoms with van der Waals surface area (Å²) in [6, 6.07) is 4.81. The standard InChI is InChI=1S/C25H34F3N7O4S/c1-31(2)23(36)18-6-9-33(10-7-18)21-16-20(25(26,27)28)5-4-19(21)17-32-12-14-34(15-13-32)24(37)35-11-8-22(29-35)30-40(3,38)39/h4-5,8,11,16,18H,6-7,9-10,12-15,17H2,1-3H3,(H,29,30). The van der Waals surface area contributed by atoms with Crippen molar-refractivity contribution in [3.05, 3.63) is 41.6 Å². The molecule has 0 bridgehead atoms. The molecular weight excluding hydrogens is 551 g/mol. The number of amides is 2. The molecule has 1 aromatic carbocycles. The van der Waals surface area contributed by atoms with Crippen LogP contribution in [0.5, 0.6) is 0 Å². The first-order valence-electron chi connectivity index (χ1n) is 12.9. The third-order valence-electron chi connectivity index (χ3n) is 7.15. The van der Waals surface area contributed by atoms with Crippen LogP contribution in [0, 0.1) is 5.92 Å². The number of nitrogens with one attached hydrogen (secondary N) is 1. The molecule has 0 saturated carbocycles. The van der Waals surface area contributed by atoms with Crippen LogP contribution in [0.3, 0.4) is 0 Å². The predicted molar refractivity (Wildman–Crippen MR) is 143 cm³/mol. The van der Waals surface area contributed by atoms with Crippen molar-refractivity contribution in [2.24, 2.45) is 5.92 Å². The van der Waals surface area contributed by atoms with Crippen molar-refractivity contribution in [3.63, 3.8) is 0 Å². The molecule has 15 heteroatoms. The fourth-order valence-corrected chi connectivity index (χ4v) is 5.55. The Hall–Kier alpha value is -3.33. The summed E-state index contributed by atoms with van der Waals surface area (Å²) in [6.45, 7) is 3.14. The minimum atomic E-state index is -4.47. The molecule has 220 valence electrons. The number of anilines is 2. The van der Waals surface area contributed by atoms with Crippen molar-refractivity contribution >= 4 is 33.5 Å². The molecule has 2 fully saturated rings. The number of sulfonamides is 1. The monoisotopic (exact) mass is 585 g/mol. The summed E-state index contributed by atoms with van der Waals surface area (Å²) >= 11 is 0. The first-order chi connectivity index (χ1) is 18.7. The first-order valence-corrected chi connectivity index (χ1v) is 14.8. The van der Waals surface area contributed by atoms with Crippen LogP contribution in [0.4, 0.5) is 29.5 Å². The van der Waals surface area contributed by atoms with Gasteiger partial charge in [0.25, 0.3) is 0 Å². The second kappa shape index (κ2) is 11.6. The molecule has 2 aliphatic rings. The average molecular weight is 586 g/mol. The molecule has 2 aromatic rings. The predicted octanol–water partition coefficient (Wildman–Crippen LogP) is 2.36. The number of halogens is 3. The lowest BCUT2D eigenvalue weighted by Crippen LogP contribution is -2.49. The van der Waals surface area contributed by atoms with Gasteiger partial charge in [0.15, 0.2) is 5.82 Å². The van der Waals surface area contributed by atoms with Gasteiger partial charge in [-0.1, -0.05) is 6.07 Å².